The first-order chi connectivity index (χ1) is 7.09. The Morgan fingerprint density at radius 2 is 2.27 bits per heavy atom. The van der Waals surface area contributed by atoms with Gasteiger partial charge in [-0.25, -0.2) is 4.39 Å². The lowest BCUT2D eigenvalue weighted by atomic mass is 10.0. The highest BCUT2D eigenvalue weighted by atomic mass is 79.9. The van der Waals surface area contributed by atoms with Crippen LogP contribution in [-0.2, 0) is 6.42 Å². The van der Waals surface area contributed by atoms with Crippen molar-refractivity contribution in [1.82, 2.24) is 0 Å². The van der Waals surface area contributed by atoms with Gasteiger partial charge in [0, 0.05) is 0 Å². The van der Waals surface area contributed by atoms with Crippen LogP contribution in [0.1, 0.15) is 18.9 Å². The number of hydrogen-bond acceptors (Lipinski definition) is 1. The van der Waals surface area contributed by atoms with Crippen molar-refractivity contribution in [2.45, 2.75) is 25.9 Å². The summed E-state index contributed by atoms with van der Waals surface area (Å²) in [4.78, 5) is 0. The van der Waals surface area contributed by atoms with E-state index < -0.39 is 0 Å². The molecule has 3 heteroatoms. The first-order valence-corrected chi connectivity index (χ1v) is 6.00. The molecule has 1 aromatic rings. The lowest BCUT2D eigenvalue weighted by molar-refractivity contribution is 0.146. The maximum absolute atomic E-state index is 13.2. The second-order valence-electron chi connectivity index (χ2n) is 4.36. The van der Waals surface area contributed by atoms with E-state index in [1.54, 1.807) is 6.07 Å². The topological polar surface area (TPSA) is 20.2 Å². The molecule has 1 N–H and O–H groups in total. The van der Waals surface area contributed by atoms with E-state index in [1.807, 2.05) is 6.07 Å². The molecule has 82 valence electrons. The van der Waals surface area contributed by atoms with Crippen LogP contribution in [0.3, 0.4) is 0 Å². The number of benzene rings is 1. The molecule has 0 heterocycles. The van der Waals surface area contributed by atoms with E-state index in [-0.39, 0.29) is 11.9 Å². The van der Waals surface area contributed by atoms with Crippen LogP contribution < -0.4 is 0 Å². The molecule has 0 amide bonds. The van der Waals surface area contributed by atoms with E-state index in [0.717, 1.165) is 12.0 Å². The zero-order valence-electron chi connectivity index (χ0n) is 8.58. The summed E-state index contributed by atoms with van der Waals surface area (Å²) in [5, 5.41) is 9.88. The van der Waals surface area contributed by atoms with Gasteiger partial charge in [0.25, 0.3) is 0 Å². The minimum Gasteiger partial charge on any atom is -0.392 e. The van der Waals surface area contributed by atoms with Crippen LogP contribution in [0.4, 0.5) is 4.39 Å². The van der Waals surface area contributed by atoms with Crippen LogP contribution >= 0.6 is 15.9 Å². The third kappa shape index (κ3) is 2.40. The van der Waals surface area contributed by atoms with Gasteiger partial charge in [0.2, 0.25) is 0 Å². The Kier molecular flexibility index (Phi) is 3.12. The molecule has 1 aliphatic carbocycles. The van der Waals surface area contributed by atoms with Gasteiger partial charge in [-0.1, -0.05) is 19.1 Å². The lowest BCUT2D eigenvalue weighted by Crippen LogP contribution is -2.14. The molecule has 1 nitrogen and oxygen atoms in total. The normalized spacial score (nSPS) is 26.4. The molecule has 15 heavy (non-hydrogen) atoms. The Bertz CT molecular complexity index is 367. The van der Waals surface area contributed by atoms with Gasteiger partial charge in [-0.15, -0.1) is 0 Å². The monoisotopic (exact) mass is 272 g/mol. The molecule has 3 unspecified atom stereocenters. The Morgan fingerprint density at radius 1 is 1.60 bits per heavy atom. The number of aliphatic hydroxyl groups excluding tert-OH is 1. The summed E-state index contributed by atoms with van der Waals surface area (Å²) in [6, 6.07) is 4.95. The van der Waals surface area contributed by atoms with E-state index in [4.69, 9.17) is 0 Å². The molecule has 0 spiro atoms. The fraction of sp³-hybridized carbons (Fsp3) is 0.500. The summed E-state index contributed by atoms with van der Waals surface area (Å²) < 4.78 is 13.7. The van der Waals surface area contributed by atoms with E-state index in [2.05, 4.69) is 22.9 Å². The fourth-order valence-corrected chi connectivity index (χ4v) is 2.40. The minimum atomic E-state index is -0.335. The van der Waals surface area contributed by atoms with Crippen molar-refractivity contribution in [3.63, 3.8) is 0 Å². The average Bonchev–Trinajstić information content (AvgIpc) is 2.91. The second-order valence-corrected chi connectivity index (χ2v) is 5.15. The van der Waals surface area contributed by atoms with Crippen LogP contribution in [0.25, 0.3) is 0 Å². The molecule has 1 fully saturated rings. The number of aliphatic hydroxyl groups is 1. The molecule has 3 atom stereocenters. The molecule has 0 bridgehead atoms. The fourth-order valence-electron chi connectivity index (χ4n) is 1.97. The molecule has 1 aromatic carbocycles. The Hall–Kier alpha value is -0.410. The van der Waals surface area contributed by atoms with Crippen molar-refractivity contribution in [1.29, 1.82) is 0 Å². The number of hydrogen-bond donors (Lipinski definition) is 1. The van der Waals surface area contributed by atoms with Crippen LogP contribution in [-0.4, -0.2) is 11.2 Å². The van der Waals surface area contributed by atoms with E-state index in [0.29, 0.717) is 22.7 Å². The first kappa shape index (κ1) is 11.1. The summed E-state index contributed by atoms with van der Waals surface area (Å²) in [6.07, 6.45) is 1.29. The maximum Gasteiger partial charge on any atom is 0.137 e. The third-order valence-corrected chi connectivity index (χ3v) is 4.01. The van der Waals surface area contributed by atoms with Crippen LogP contribution in [0.5, 0.6) is 0 Å². The highest BCUT2D eigenvalue weighted by molar-refractivity contribution is 9.10. The molecule has 0 aromatic heterocycles. The van der Waals surface area contributed by atoms with Crippen molar-refractivity contribution in [3.05, 3.63) is 34.1 Å². The van der Waals surface area contributed by atoms with Gasteiger partial charge in [0.1, 0.15) is 5.82 Å². The number of rotatable bonds is 3. The third-order valence-electron chi connectivity index (χ3n) is 3.13. The number of halogens is 2. The Labute approximate surface area is 97.4 Å². The summed E-state index contributed by atoms with van der Waals surface area (Å²) in [5.41, 5.74) is 0.849. The highest BCUT2D eigenvalue weighted by Crippen LogP contribution is 2.41. The molecule has 1 aliphatic rings. The average molecular weight is 273 g/mol. The second kappa shape index (κ2) is 4.22. The van der Waals surface area contributed by atoms with Crippen LogP contribution in [0.15, 0.2) is 22.7 Å². The summed E-state index contributed by atoms with van der Waals surface area (Å²) >= 11 is 3.21. The highest BCUT2D eigenvalue weighted by Gasteiger charge is 2.38. The van der Waals surface area contributed by atoms with Gasteiger partial charge in [-0.2, -0.15) is 0 Å². The van der Waals surface area contributed by atoms with Crippen LogP contribution in [0, 0.1) is 17.7 Å². The molecular formula is C12H14BrFO. The van der Waals surface area contributed by atoms with Crippen molar-refractivity contribution >= 4 is 15.9 Å². The standard InChI is InChI=1S/C12H14BrFO/c1-7-5-9(7)11(15)6-8-3-2-4-10(14)12(8)13/h2-4,7,9,11,15H,5-6H2,1H3. The molecule has 2 rings (SSSR count). The quantitative estimate of drug-likeness (QED) is 0.897. The van der Waals surface area contributed by atoms with Crippen molar-refractivity contribution in [2.75, 3.05) is 0 Å². The smallest absolute Gasteiger partial charge is 0.137 e. The van der Waals surface area contributed by atoms with Gasteiger partial charge in [0.05, 0.1) is 10.6 Å². The Morgan fingerprint density at radius 3 is 2.87 bits per heavy atom. The molecule has 0 saturated heterocycles. The van der Waals surface area contributed by atoms with Gasteiger partial charge in [-0.3, -0.25) is 0 Å². The van der Waals surface area contributed by atoms with Crippen molar-refractivity contribution < 1.29 is 9.50 Å². The van der Waals surface area contributed by atoms with Crippen LogP contribution in [0.2, 0.25) is 0 Å². The Balaban J connectivity index is 2.07. The van der Waals surface area contributed by atoms with E-state index in [9.17, 15) is 9.50 Å². The summed E-state index contributed by atoms with van der Waals surface area (Å²) in [5.74, 6) is 0.760. The first-order valence-electron chi connectivity index (χ1n) is 5.20. The van der Waals surface area contributed by atoms with Gasteiger partial charge >= 0.3 is 0 Å². The maximum atomic E-state index is 13.2. The molecule has 1 saturated carbocycles. The predicted molar refractivity (Wildman–Crippen MR) is 61.1 cm³/mol. The lowest BCUT2D eigenvalue weighted by Gasteiger charge is -2.11. The SMILES string of the molecule is CC1CC1C(O)Cc1cccc(F)c1Br. The molecule has 0 radical (unpaired) electrons. The van der Waals surface area contributed by atoms with Crippen molar-refractivity contribution in [3.8, 4) is 0 Å². The van der Waals surface area contributed by atoms with E-state index >= 15 is 0 Å². The van der Waals surface area contributed by atoms with Gasteiger partial charge in [0.15, 0.2) is 0 Å². The minimum absolute atomic E-state index is 0.261. The molecule has 0 aliphatic heterocycles. The zero-order valence-corrected chi connectivity index (χ0v) is 10.2. The van der Waals surface area contributed by atoms with Gasteiger partial charge < -0.3 is 5.11 Å². The zero-order chi connectivity index (χ0) is 11.0. The van der Waals surface area contributed by atoms with Crippen molar-refractivity contribution in [2.24, 2.45) is 11.8 Å². The van der Waals surface area contributed by atoms with Gasteiger partial charge in [-0.05, 0) is 52.2 Å². The predicted octanol–water partition coefficient (Wildman–Crippen LogP) is 3.15. The molecular weight excluding hydrogens is 259 g/mol. The summed E-state index contributed by atoms with van der Waals surface area (Å²) in [7, 11) is 0. The summed E-state index contributed by atoms with van der Waals surface area (Å²) in [6.45, 7) is 2.13. The van der Waals surface area contributed by atoms with E-state index in [1.165, 1.54) is 6.07 Å². The largest absolute Gasteiger partial charge is 0.392 e.